The maximum Gasteiger partial charge on any atom is 0.128 e. The van der Waals surface area contributed by atoms with Gasteiger partial charge in [-0.25, -0.2) is 4.98 Å². The second kappa shape index (κ2) is 7.11. The van der Waals surface area contributed by atoms with E-state index in [1.165, 1.54) is 0 Å². The predicted octanol–water partition coefficient (Wildman–Crippen LogP) is 2.61. The van der Waals surface area contributed by atoms with E-state index in [1.807, 2.05) is 36.5 Å². The Balaban J connectivity index is 1.76. The van der Waals surface area contributed by atoms with Crippen molar-refractivity contribution >= 4 is 5.82 Å². The molecule has 0 spiro atoms. The Morgan fingerprint density at radius 3 is 2.43 bits per heavy atom. The van der Waals surface area contributed by atoms with Crippen molar-refractivity contribution < 1.29 is 5.11 Å². The van der Waals surface area contributed by atoms with Crippen molar-refractivity contribution in [2.24, 2.45) is 0 Å². The minimum atomic E-state index is -0.616. The SMILES string of the molecule is CCN1CCN(c2cc(C)c(C(O)c3ccccc3)cn2)CC1. The topological polar surface area (TPSA) is 39.6 Å². The standard InChI is InChI=1S/C19H25N3O/c1-3-21-9-11-22(12-10-21)18-13-15(2)17(14-20-18)19(23)16-7-5-4-6-8-16/h4-8,13-14,19,23H,3,9-12H2,1-2H3. The molecule has 0 bridgehead atoms. The molecular weight excluding hydrogens is 286 g/mol. The monoisotopic (exact) mass is 311 g/mol. The van der Waals surface area contributed by atoms with Gasteiger partial charge in [-0.1, -0.05) is 37.3 Å². The van der Waals surface area contributed by atoms with Gasteiger partial charge in [-0.15, -0.1) is 0 Å². The maximum atomic E-state index is 10.6. The third kappa shape index (κ3) is 3.54. The van der Waals surface area contributed by atoms with Gasteiger partial charge >= 0.3 is 0 Å². The Morgan fingerprint density at radius 1 is 1.13 bits per heavy atom. The Kier molecular flexibility index (Phi) is 4.94. The van der Waals surface area contributed by atoms with Gasteiger partial charge in [0.2, 0.25) is 0 Å². The van der Waals surface area contributed by atoms with E-state index in [0.29, 0.717) is 0 Å². The molecule has 1 N–H and O–H groups in total. The van der Waals surface area contributed by atoms with E-state index < -0.39 is 6.10 Å². The average Bonchev–Trinajstić information content (AvgIpc) is 2.62. The van der Waals surface area contributed by atoms with Gasteiger partial charge in [0, 0.05) is 37.9 Å². The minimum Gasteiger partial charge on any atom is -0.384 e. The highest BCUT2D eigenvalue weighted by molar-refractivity contribution is 5.46. The fourth-order valence-electron chi connectivity index (χ4n) is 3.12. The second-order valence-electron chi connectivity index (χ2n) is 6.13. The summed E-state index contributed by atoms with van der Waals surface area (Å²) in [5.74, 6) is 1.02. The quantitative estimate of drug-likeness (QED) is 0.942. The van der Waals surface area contributed by atoms with Crippen LogP contribution >= 0.6 is 0 Å². The van der Waals surface area contributed by atoms with Crippen molar-refractivity contribution in [1.29, 1.82) is 0 Å². The van der Waals surface area contributed by atoms with Crippen LogP contribution in [0.2, 0.25) is 0 Å². The molecule has 1 aromatic heterocycles. The number of hydrogen-bond acceptors (Lipinski definition) is 4. The Hall–Kier alpha value is -1.91. The summed E-state index contributed by atoms with van der Waals surface area (Å²) >= 11 is 0. The van der Waals surface area contributed by atoms with E-state index >= 15 is 0 Å². The summed E-state index contributed by atoms with van der Waals surface area (Å²) in [5, 5.41) is 10.6. The van der Waals surface area contributed by atoms with Crippen molar-refractivity contribution in [3.05, 3.63) is 59.3 Å². The molecule has 4 heteroatoms. The van der Waals surface area contributed by atoms with E-state index in [0.717, 1.165) is 55.2 Å². The third-order valence-electron chi connectivity index (χ3n) is 4.69. The normalized spacial score (nSPS) is 17.3. The molecular formula is C19H25N3O. The van der Waals surface area contributed by atoms with E-state index in [-0.39, 0.29) is 0 Å². The average molecular weight is 311 g/mol. The first-order valence-electron chi connectivity index (χ1n) is 8.36. The van der Waals surface area contributed by atoms with Crippen molar-refractivity contribution in [2.75, 3.05) is 37.6 Å². The Labute approximate surface area is 138 Å². The maximum absolute atomic E-state index is 10.6. The van der Waals surface area contributed by atoms with Gasteiger partial charge < -0.3 is 14.9 Å². The van der Waals surface area contributed by atoms with Crippen LogP contribution in [-0.4, -0.2) is 47.7 Å². The van der Waals surface area contributed by atoms with Crippen LogP contribution in [0.1, 0.15) is 29.7 Å². The molecule has 3 rings (SSSR count). The molecule has 1 saturated heterocycles. The summed E-state index contributed by atoms with van der Waals surface area (Å²) in [6.07, 6.45) is 1.21. The lowest BCUT2D eigenvalue weighted by Crippen LogP contribution is -2.46. The van der Waals surface area contributed by atoms with Crippen molar-refractivity contribution in [1.82, 2.24) is 9.88 Å². The van der Waals surface area contributed by atoms with E-state index in [9.17, 15) is 5.11 Å². The zero-order valence-electron chi connectivity index (χ0n) is 13.9. The van der Waals surface area contributed by atoms with Gasteiger partial charge in [0.05, 0.1) is 0 Å². The molecule has 0 aliphatic carbocycles. The lowest BCUT2D eigenvalue weighted by Gasteiger charge is -2.35. The van der Waals surface area contributed by atoms with Crippen LogP contribution in [0.5, 0.6) is 0 Å². The van der Waals surface area contributed by atoms with Gasteiger partial charge in [0.15, 0.2) is 0 Å². The molecule has 1 unspecified atom stereocenters. The number of benzene rings is 1. The van der Waals surface area contributed by atoms with Crippen molar-refractivity contribution in [3.63, 3.8) is 0 Å². The van der Waals surface area contributed by atoms with Crippen LogP contribution < -0.4 is 4.90 Å². The fourth-order valence-corrected chi connectivity index (χ4v) is 3.12. The number of nitrogens with zero attached hydrogens (tertiary/aromatic N) is 3. The number of aliphatic hydroxyl groups excluding tert-OH is 1. The third-order valence-corrected chi connectivity index (χ3v) is 4.69. The molecule has 23 heavy (non-hydrogen) atoms. The Morgan fingerprint density at radius 2 is 1.83 bits per heavy atom. The minimum absolute atomic E-state index is 0.616. The number of hydrogen-bond donors (Lipinski definition) is 1. The number of pyridine rings is 1. The first-order valence-corrected chi connectivity index (χ1v) is 8.36. The second-order valence-corrected chi connectivity index (χ2v) is 6.13. The number of rotatable bonds is 4. The van der Waals surface area contributed by atoms with Gasteiger partial charge in [0.1, 0.15) is 11.9 Å². The van der Waals surface area contributed by atoms with Crippen LogP contribution in [-0.2, 0) is 0 Å². The summed E-state index contributed by atoms with van der Waals surface area (Å²) in [4.78, 5) is 9.39. The molecule has 0 saturated carbocycles. The molecule has 4 nitrogen and oxygen atoms in total. The highest BCUT2D eigenvalue weighted by Gasteiger charge is 2.19. The largest absolute Gasteiger partial charge is 0.384 e. The van der Waals surface area contributed by atoms with Crippen LogP contribution in [0.3, 0.4) is 0 Å². The molecule has 1 atom stereocenters. The first kappa shape index (κ1) is 16.0. The summed E-state index contributed by atoms with van der Waals surface area (Å²) in [6.45, 7) is 9.58. The highest BCUT2D eigenvalue weighted by atomic mass is 16.3. The van der Waals surface area contributed by atoms with Gasteiger partial charge in [-0.3, -0.25) is 0 Å². The molecule has 2 heterocycles. The first-order chi connectivity index (χ1) is 11.2. The summed E-state index contributed by atoms with van der Waals surface area (Å²) in [6, 6.07) is 11.8. The number of anilines is 1. The van der Waals surface area contributed by atoms with Crippen LogP contribution in [0.4, 0.5) is 5.82 Å². The van der Waals surface area contributed by atoms with Crippen LogP contribution in [0.25, 0.3) is 0 Å². The highest BCUT2D eigenvalue weighted by Crippen LogP contribution is 2.26. The molecule has 1 fully saturated rings. The lowest BCUT2D eigenvalue weighted by atomic mass is 9.99. The van der Waals surface area contributed by atoms with Gasteiger partial charge in [0.25, 0.3) is 0 Å². The molecule has 1 aliphatic heterocycles. The number of piperazine rings is 1. The van der Waals surface area contributed by atoms with Crippen LogP contribution in [0, 0.1) is 6.92 Å². The number of aryl methyl sites for hydroxylation is 1. The van der Waals surface area contributed by atoms with Gasteiger partial charge in [-0.2, -0.15) is 0 Å². The molecule has 2 aromatic rings. The Bertz CT molecular complexity index is 636. The summed E-state index contributed by atoms with van der Waals surface area (Å²) < 4.78 is 0. The van der Waals surface area contributed by atoms with E-state index in [4.69, 9.17) is 0 Å². The van der Waals surface area contributed by atoms with Crippen molar-refractivity contribution in [2.45, 2.75) is 20.0 Å². The molecule has 0 amide bonds. The predicted molar refractivity (Wildman–Crippen MR) is 93.8 cm³/mol. The number of aliphatic hydroxyl groups is 1. The molecule has 122 valence electrons. The zero-order chi connectivity index (χ0) is 16.2. The van der Waals surface area contributed by atoms with Gasteiger partial charge in [-0.05, 0) is 30.7 Å². The number of likely N-dealkylation sites (N-methyl/N-ethyl adjacent to an activating group) is 1. The molecule has 1 aliphatic rings. The zero-order valence-corrected chi connectivity index (χ0v) is 13.9. The van der Waals surface area contributed by atoms with Crippen LogP contribution in [0.15, 0.2) is 42.6 Å². The summed E-state index contributed by atoms with van der Waals surface area (Å²) in [7, 11) is 0. The molecule has 1 aromatic carbocycles. The van der Waals surface area contributed by atoms with Crippen molar-refractivity contribution in [3.8, 4) is 0 Å². The fraction of sp³-hybridized carbons (Fsp3) is 0.421. The number of aromatic nitrogens is 1. The smallest absolute Gasteiger partial charge is 0.128 e. The van der Waals surface area contributed by atoms with E-state index in [2.05, 4.69) is 34.7 Å². The molecule has 0 radical (unpaired) electrons. The lowest BCUT2D eigenvalue weighted by molar-refractivity contribution is 0.219. The van der Waals surface area contributed by atoms with E-state index in [1.54, 1.807) is 0 Å². The summed E-state index contributed by atoms with van der Waals surface area (Å²) in [5.41, 5.74) is 2.87.